The molecular formula is C14H15NO3S. The summed E-state index contributed by atoms with van der Waals surface area (Å²) in [6.45, 7) is 3.35. The zero-order valence-electron chi connectivity index (χ0n) is 10.8. The minimum Gasteiger partial charge on any atom is -0.480 e. The number of rotatable bonds is 5. The highest BCUT2D eigenvalue weighted by molar-refractivity contribution is 8.00. The maximum absolute atomic E-state index is 11.0. The third-order valence-electron chi connectivity index (χ3n) is 2.72. The van der Waals surface area contributed by atoms with Gasteiger partial charge in [-0.15, -0.1) is 11.8 Å². The number of carboxylic acids is 1. The van der Waals surface area contributed by atoms with Gasteiger partial charge in [0.15, 0.2) is 0 Å². The second kappa shape index (κ2) is 5.48. The van der Waals surface area contributed by atoms with Crippen molar-refractivity contribution in [1.82, 2.24) is 5.16 Å². The van der Waals surface area contributed by atoms with Crippen molar-refractivity contribution in [2.45, 2.75) is 24.3 Å². The second-order valence-electron chi connectivity index (χ2n) is 4.65. The van der Waals surface area contributed by atoms with E-state index in [2.05, 4.69) is 5.16 Å². The highest BCUT2D eigenvalue weighted by atomic mass is 32.2. The molecule has 1 N–H and O–H groups in total. The number of hydrogen-bond donors (Lipinski definition) is 1. The van der Waals surface area contributed by atoms with Gasteiger partial charge in [0.2, 0.25) is 0 Å². The summed E-state index contributed by atoms with van der Waals surface area (Å²) in [4.78, 5) is 11.0. The lowest BCUT2D eigenvalue weighted by molar-refractivity contribution is -0.138. The van der Waals surface area contributed by atoms with E-state index in [-0.39, 0.29) is 0 Å². The van der Waals surface area contributed by atoms with Crippen LogP contribution >= 0.6 is 11.8 Å². The van der Waals surface area contributed by atoms with Crippen LogP contribution < -0.4 is 0 Å². The number of aromatic nitrogens is 1. The Labute approximate surface area is 115 Å². The summed E-state index contributed by atoms with van der Waals surface area (Å²) in [6.07, 6.45) is 0. The van der Waals surface area contributed by atoms with Gasteiger partial charge < -0.3 is 9.63 Å². The minimum absolute atomic E-state index is 0.485. The van der Waals surface area contributed by atoms with Crippen LogP contribution in [0.3, 0.4) is 0 Å². The Morgan fingerprint density at radius 2 is 2.05 bits per heavy atom. The van der Waals surface area contributed by atoms with Crippen molar-refractivity contribution in [2.24, 2.45) is 0 Å². The lowest BCUT2D eigenvalue weighted by Crippen LogP contribution is -2.27. The molecular weight excluding hydrogens is 262 g/mol. The van der Waals surface area contributed by atoms with E-state index in [9.17, 15) is 4.79 Å². The smallest absolute Gasteiger partial charge is 0.319 e. The topological polar surface area (TPSA) is 63.3 Å². The van der Waals surface area contributed by atoms with Crippen LogP contribution in [0.15, 0.2) is 40.9 Å². The van der Waals surface area contributed by atoms with Crippen LogP contribution in [0.4, 0.5) is 0 Å². The van der Waals surface area contributed by atoms with Crippen molar-refractivity contribution in [2.75, 3.05) is 0 Å². The highest BCUT2D eigenvalue weighted by Crippen LogP contribution is 2.29. The molecule has 1 heterocycles. The minimum atomic E-state index is -0.834. The van der Waals surface area contributed by atoms with Crippen LogP contribution in [0.5, 0.6) is 0 Å². The maximum Gasteiger partial charge on any atom is 0.319 e. The third kappa shape index (κ3) is 3.38. The van der Waals surface area contributed by atoms with Gasteiger partial charge in [-0.3, -0.25) is 4.79 Å². The number of thioether (sulfide) groups is 1. The van der Waals surface area contributed by atoms with E-state index in [0.717, 1.165) is 11.3 Å². The summed E-state index contributed by atoms with van der Waals surface area (Å²) in [5.74, 6) is 0.331. The summed E-state index contributed by atoms with van der Waals surface area (Å²) >= 11 is 1.32. The van der Waals surface area contributed by atoms with Crippen molar-refractivity contribution >= 4 is 17.7 Å². The molecule has 100 valence electrons. The lowest BCUT2D eigenvalue weighted by atomic mass is 10.1. The van der Waals surface area contributed by atoms with E-state index in [1.54, 1.807) is 13.8 Å². The molecule has 2 rings (SSSR count). The number of carbonyl (C=O) groups is 1. The SMILES string of the molecule is CC(C)(SCc1cc(-c2ccccc2)no1)C(=O)O. The van der Waals surface area contributed by atoms with Crippen LogP contribution in [-0.2, 0) is 10.5 Å². The Morgan fingerprint density at radius 1 is 1.37 bits per heavy atom. The molecule has 0 aliphatic rings. The Hall–Kier alpha value is -1.75. The van der Waals surface area contributed by atoms with Crippen molar-refractivity contribution < 1.29 is 14.4 Å². The van der Waals surface area contributed by atoms with Crippen LogP contribution in [0.25, 0.3) is 11.3 Å². The van der Waals surface area contributed by atoms with E-state index in [1.807, 2.05) is 36.4 Å². The van der Waals surface area contributed by atoms with Crippen LogP contribution in [0.1, 0.15) is 19.6 Å². The average molecular weight is 277 g/mol. The van der Waals surface area contributed by atoms with Gasteiger partial charge in [0.05, 0.1) is 5.75 Å². The predicted molar refractivity (Wildman–Crippen MR) is 74.9 cm³/mol. The van der Waals surface area contributed by atoms with Gasteiger partial charge in [-0.1, -0.05) is 35.5 Å². The fraction of sp³-hybridized carbons (Fsp3) is 0.286. The van der Waals surface area contributed by atoms with E-state index >= 15 is 0 Å². The Kier molecular flexibility index (Phi) is 3.95. The molecule has 2 aromatic rings. The molecule has 0 unspecified atom stereocenters. The molecule has 0 aliphatic carbocycles. The highest BCUT2D eigenvalue weighted by Gasteiger charge is 2.28. The molecule has 0 spiro atoms. The van der Waals surface area contributed by atoms with Crippen LogP contribution in [0, 0.1) is 0 Å². The summed E-state index contributed by atoms with van der Waals surface area (Å²) < 4.78 is 4.40. The predicted octanol–water partition coefficient (Wildman–Crippen LogP) is 3.44. The molecule has 0 fully saturated rings. The van der Waals surface area contributed by atoms with Gasteiger partial charge in [0.1, 0.15) is 16.2 Å². The van der Waals surface area contributed by atoms with Gasteiger partial charge in [-0.05, 0) is 13.8 Å². The van der Waals surface area contributed by atoms with E-state index in [4.69, 9.17) is 9.63 Å². The van der Waals surface area contributed by atoms with E-state index < -0.39 is 10.7 Å². The quantitative estimate of drug-likeness (QED) is 0.907. The van der Waals surface area contributed by atoms with Gasteiger partial charge >= 0.3 is 5.97 Å². The first kappa shape index (κ1) is 13.7. The summed E-state index contributed by atoms with van der Waals surface area (Å²) in [7, 11) is 0. The van der Waals surface area contributed by atoms with Crippen molar-refractivity contribution in [3.8, 4) is 11.3 Å². The lowest BCUT2D eigenvalue weighted by Gasteiger charge is -2.16. The van der Waals surface area contributed by atoms with Crippen LogP contribution in [0.2, 0.25) is 0 Å². The molecule has 1 aromatic carbocycles. The monoisotopic (exact) mass is 277 g/mol. The molecule has 1 aromatic heterocycles. The Balaban J connectivity index is 2.05. The number of nitrogens with zero attached hydrogens (tertiary/aromatic N) is 1. The fourth-order valence-corrected chi connectivity index (χ4v) is 2.20. The molecule has 0 radical (unpaired) electrons. The number of aliphatic carboxylic acids is 1. The summed E-state index contributed by atoms with van der Waals surface area (Å²) in [5, 5.41) is 13.0. The van der Waals surface area contributed by atoms with Crippen molar-refractivity contribution in [3.63, 3.8) is 0 Å². The largest absolute Gasteiger partial charge is 0.480 e. The third-order valence-corrected chi connectivity index (χ3v) is 4.04. The summed E-state index contributed by atoms with van der Waals surface area (Å²) in [6, 6.07) is 11.6. The first-order chi connectivity index (χ1) is 8.99. The van der Waals surface area contributed by atoms with Gasteiger partial charge in [-0.25, -0.2) is 0 Å². The molecule has 19 heavy (non-hydrogen) atoms. The maximum atomic E-state index is 11.0. The number of benzene rings is 1. The second-order valence-corrected chi connectivity index (χ2v) is 6.25. The normalized spacial score (nSPS) is 11.5. The fourth-order valence-electron chi connectivity index (χ4n) is 1.44. The zero-order chi connectivity index (χ0) is 13.9. The number of carboxylic acid groups (broad SMARTS) is 1. The summed E-state index contributed by atoms with van der Waals surface area (Å²) in [5.41, 5.74) is 1.75. The number of hydrogen-bond acceptors (Lipinski definition) is 4. The average Bonchev–Trinajstić information content (AvgIpc) is 2.86. The van der Waals surface area contributed by atoms with Gasteiger partial charge in [0, 0.05) is 11.6 Å². The van der Waals surface area contributed by atoms with Crippen LogP contribution in [-0.4, -0.2) is 21.0 Å². The molecule has 0 bridgehead atoms. The molecule has 0 saturated carbocycles. The molecule has 0 aliphatic heterocycles. The Morgan fingerprint density at radius 3 is 2.68 bits per heavy atom. The zero-order valence-corrected chi connectivity index (χ0v) is 11.6. The first-order valence-electron chi connectivity index (χ1n) is 5.87. The van der Waals surface area contributed by atoms with E-state index in [1.165, 1.54) is 11.8 Å². The molecule has 0 amide bonds. The van der Waals surface area contributed by atoms with Gasteiger partial charge in [0.25, 0.3) is 0 Å². The van der Waals surface area contributed by atoms with Crippen molar-refractivity contribution in [3.05, 3.63) is 42.2 Å². The molecule has 5 heteroatoms. The van der Waals surface area contributed by atoms with Crippen molar-refractivity contribution in [1.29, 1.82) is 0 Å². The molecule has 0 saturated heterocycles. The Bertz CT molecular complexity index is 563. The van der Waals surface area contributed by atoms with E-state index in [0.29, 0.717) is 11.5 Å². The standard InChI is InChI=1S/C14H15NO3S/c1-14(2,13(16)17)19-9-11-8-12(15-18-11)10-6-4-3-5-7-10/h3-8H,9H2,1-2H3,(H,16,17). The molecule has 4 nitrogen and oxygen atoms in total. The van der Waals surface area contributed by atoms with Gasteiger partial charge in [-0.2, -0.15) is 0 Å². The molecule has 0 atom stereocenters. The first-order valence-corrected chi connectivity index (χ1v) is 6.86.